The zero-order valence-electron chi connectivity index (χ0n) is 6.40. The Morgan fingerprint density at radius 1 is 1.46 bits per heavy atom. The Labute approximate surface area is 72.0 Å². The first kappa shape index (κ1) is 7.97. The highest BCUT2D eigenvalue weighted by atomic mass is 19.1. The maximum atomic E-state index is 13.0. The van der Waals surface area contributed by atoms with Gasteiger partial charge in [0.15, 0.2) is 17.4 Å². The second kappa shape index (κ2) is 2.42. The molecule has 0 atom stereocenters. The summed E-state index contributed by atoms with van der Waals surface area (Å²) in [6, 6.07) is 0.950. The van der Waals surface area contributed by atoms with Gasteiger partial charge in [0.25, 0.3) is 0 Å². The fourth-order valence-corrected chi connectivity index (χ4v) is 1.29. The SMILES string of the molecule is O=C1Cc2cc(F)c(O)c(F)c2N1. The summed E-state index contributed by atoms with van der Waals surface area (Å²) in [6.07, 6.45) is -0.0521. The number of hydrogen-bond acceptors (Lipinski definition) is 2. The number of benzene rings is 1. The summed E-state index contributed by atoms with van der Waals surface area (Å²) in [5, 5.41) is 11.0. The van der Waals surface area contributed by atoms with Gasteiger partial charge in [0.1, 0.15) is 0 Å². The molecule has 0 unspecified atom stereocenters. The molecule has 0 aromatic heterocycles. The minimum absolute atomic E-state index is 0.0521. The number of hydrogen-bond donors (Lipinski definition) is 2. The van der Waals surface area contributed by atoms with Crippen molar-refractivity contribution in [1.82, 2.24) is 0 Å². The molecular weight excluding hydrogens is 180 g/mol. The highest BCUT2D eigenvalue weighted by Gasteiger charge is 2.25. The molecule has 5 heteroatoms. The molecule has 3 nitrogen and oxygen atoms in total. The maximum Gasteiger partial charge on any atom is 0.228 e. The van der Waals surface area contributed by atoms with Crippen LogP contribution in [0.3, 0.4) is 0 Å². The molecule has 68 valence electrons. The second-order valence-electron chi connectivity index (χ2n) is 2.78. The van der Waals surface area contributed by atoms with E-state index in [1.54, 1.807) is 0 Å². The summed E-state index contributed by atoms with van der Waals surface area (Å²) in [4.78, 5) is 10.8. The smallest absolute Gasteiger partial charge is 0.228 e. The summed E-state index contributed by atoms with van der Waals surface area (Å²) in [5.41, 5.74) is 0.113. The van der Waals surface area contributed by atoms with Crippen LogP contribution in [0.25, 0.3) is 0 Å². The normalized spacial score (nSPS) is 14.2. The summed E-state index contributed by atoms with van der Waals surface area (Å²) >= 11 is 0. The van der Waals surface area contributed by atoms with Crippen molar-refractivity contribution in [2.75, 3.05) is 5.32 Å². The fourth-order valence-electron chi connectivity index (χ4n) is 1.29. The van der Waals surface area contributed by atoms with E-state index in [1.807, 2.05) is 0 Å². The lowest BCUT2D eigenvalue weighted by molar-refractivity contribution is -0.115. The van der Waals surface area contributed by atoms with Gasteiger partial charge in [0.05, 0.1) is 12.1 Å². The van der Waals surface area contributed by atoms with Crippen LogP contribution >= 0.6 is 0 Å². The summed E-state index contributed by atoms with van der Waals surface area (Å²) < 4.78 is 25.8. The monoisotopic (exact) mass is 185 g/mol. The van der Waals surface area contributed by atoms with Gasteiger partial charge >= 0.3 is 0 Å². The second-order valence-corrected chi connectivity index (χ2v) is 2.78. The lowest BCUT2D eigenvalue weighted by Gasteiger charge is -2.02. The van der Waals surface area contributed by atoms with Gasteiger partial charge in [-0.15, -0.1) is 0 Å². The van der Waals surface area contributed by atoms with Crippen molar-refractivity contribution in [2.45, 2.75) is 6.42 Å². The molecule has 0 aliphatic carbocycles. The van der Waals surface area contributed by atoms with Gasteiger partial charge in [-0.05, 0) is 11.6 Å². The van der Waals surface area contributed by atoms with Gasteiger partial charge in [0.2, 0.25) is 5.91 Å². The molecule has 1 amide bonds. The number of phenolic OH excluding ortho intramolecular Hbond substituents is 1. The Balaban J connectivity index is 2.66. The van der Waals surface area contributed by atoms with Crippen molar-refractivity contribution in [1.29, 1.82) is 0 Å². The van der Waals surface area contributed by atoms with E-state index in [4.69, 9.17) is 5.11 Å². The van der Waals surface area contributed by atoms with Gasteiger partial charge in [-0.3, -0.25) is 4.79 Å². The van der Waals surface area contributed by atoms with Crippen LogP contribution in [0.15, 0.2) is 6.07 Å². The molecule has 1 heterocycles. The van der Waals surface area contributed by atoms with E-state index in [2.05, 4.69) is 5.32 Å². The number of carbonyl (C=O) groups is 1. The first-order valence-corrected chi connectivity index (χ1v) is 3.59. The molecule has 0 radical (unpaired) electrons. The number of anilines is 1. The van der Waals surface area contributed by atoms with Crippen molar-refractivity contribution < 1.29 is 18.7 Å². The molecular formula is C8H5F2NO2. The summed E-state index contributed by atoms with van der Waals surface area (Å²) in [5.74, 6) is -3.62. The predicted octanol–water partition coefficient (Wildman–Crippen LogP) is 1.16. The summed E-state index contributed by atoms with van der Waals surface area (Å²) in [6.45, 7) is 0. The number of fused-ring (bicyclic) bond motifs is 1. The standard InChI is InChI=1S/C8H5F2NO2/c9-4-1-3-2-5(12)11-7(3)6(10)8(4)13/h1,13H,2H2,(H,11,12). The number of rotatable bonds is 0. The number of aromatic hydroxyl groups is 1. The molecule has 1 aliphatic rings. The molecule has 1 aromatic rings. The molecule has 1 aliphatic heterocycles. The van der Waals surface area contributed by atoms with Gasteiger partial charge in [-0.1, -0.05) is 0 Å². The van der Waals surface area contributed by atoms with Crippen molar-refractivity contribution in [3.8, 4) is 5.75 Å². The Bertz CT molecular complexity index is 404. The number of halogens is 2. The van der Waals surface area contributed by atoms with E-state index in [9.17, 15) is 13.6 Å². The first-order valence-electron chi connectivity index (χ1n) is 3.59. The average Bonchev–Trinajstić information content (AvgIpc) is 2.42. The highest BCUT2D eigenvalue weighted by molar-refractivity contribution is 5.99. The topological polar surface area (TPSA) is 49.3 Å². The van der Waals surface area contributed by atoms with Gasteiger partial charge in [-0.2, -0.15) is 0 Å². The predicted molar refractivity (Wildman–Crippen MR) is 40.4 cm³/mol. The van der Waals surface area contributed by atoms with Crippen LogP contribution in [0.2, 0.25) is 0 Å². The molecule has 0 fully saturated rings. The van der Waals surface area contributed by atoms with E-state index >= 15 is 0 Å². The molecule has 0 saturated heterocycles. The van der Waals surface area contributed by atoms with E-state index in [1.165, 1.54) is 0 Å². The van der Waals surface area contributed by atoms with Crippen molar-refractivity contribution in [2.24, 2.45) is 0 Å². The van der Waals surface area contributed by atoms with Crippen LogP contribution in [-0.4, -0.2) is 11.0 Å². The van der Waals surface area contributed by atoms with Crippen LogP contribution < -0.4 is 5.32 Å². The third-order valence-electron chi connectivity index (χ3n) is 1.89. The van der Waals surface area contributed by atoms with Gasteiger partial charge in [0, 0.05) is 0 Å². The number of nitrogens with one attached hydrogen (secondary N) is 1. The van der Waals surface area contributed by atoms with Crippen LogP contribution in [0.4, 0.5) is 14.5 Å². The lowest BCUT2D eigenvalue weighted by Crippen LogP contribution is -2.04. The van der Waals surface area contributed by atoms with Crippen LogP contribution in [0.5, 0.6) is 5.75 Å². The minimum Gasteiger partial charge on any atom is -0.503 e. The zero-order valence-corrected chi connectivity index (χ0v) is 6.40. The quantitative estimate of drug-likeness (QED) is 0.637. The lowest BCUT2D eigenvalue weighted by atomic mass is 10.1. The van der Waals surface area contributed by atoms with Crippen molar-refractivity contribution >= 4 is 11.6 Å². The average molecular weight is 185 g/mol. The van der Waals surface area contributed by atoms with E-state index in [0.717, 1.165) is 6.07 Å². The molecule has 0 saturated carbocycles. The molecule has 2 N–H and O–H groups in total. The Kier molecular flexibility index (Phi) is 1.48. The number of phenols is 1. The zero-order chi connectivity index (χ0) is 9.59. The van der Waals surface area contributed by atoms with Crippen molar-refractivity contribution in [3.05, 3.63) is 23.3 Å². The van der Waals surface area contributed by atoms with Crippen LogP contribution in [0.1, 0.15) is 5.56 Å². The minimum atomic E-state index is -1.11. The van der Waals surface area contributed by atoms with Crippen LogP contribution in [-0.2, 0) is 11.2 Å². The van der Waals surface area contributed by atoms with E-state index < -0.39 is 23.3 Å². The molecule has 0 bridgehead atoms. The third-order valence-corrected chi connectivity index (χ3v) is 1.89. The third kappa shape index (κ3) is 1.04. The molecule has 2 rings (SSSR count). The van der Waals surface area contributed by atoms with Gasteiger partial charge < -0.3 is 10.4 Å². The maximum absolute atomic E-state index is 13.0. The largest absolute Gasteiger partial charge is 0.503 e. The van der Waals surface area contributed by atoms with E-state index in [0.29, 0.717) is 0 Å². The van der Waals surface area contributed by atoms with Gasteiger partial charge in [-0.25, -0.2) is 8.78 Å². The van der Waals surface area contributed by atoms with E-state index in [-0.39, 0.29) is 17.7 Å². The summed E-state index contributed by atoms with van der Waals surface area (Å²) in [7, 11) is 0. The molecule has 0 spiro atoms. The number of amides is 1. The fraction of sp³-hybridized carbons (Fsp3) is 0.125. The Hall–Kier alpha value is -1.65. The molecule has 1 aromatic carbocycles. The Morgan fingerprint density at radius 3 is 2.85 bits per heavy atom. The van der Waals surface area contributed by atoms with Crippen molar-refractivity contribution in [3.63, 3.8) is 0 Å². The first-order chi connectivity index (χ1) is 6.09. The Morgan fingerprint density at radius 2 is 2.15 bits per heavy atom. The molecule has 13 heavy (non-hydrogen) atoms. The van der Waals surface area contributed by atoms with Crippen LogP contribution in [0, 0.1) is 11.6 Å². The number of carbonyl (C=O) groups excluding carboxylic acids is 1. The highest BCUT2D eigenvalue weighted by Crippen LogP contribution is 2.33.